The molecule has 18 heteroatoms. The number of azide groups is 1. The molecule has 1 unspecified atom stereocenters. The second-order valence-electron chi connectivity index (χ2n) is 11.5. The number of carbonyl (C=O) groups is 2. The van der Waals surface area contributed by atoms with Gasteiger partial charge in [0.15, 0.2) is 0 Å². The summed E-state index contributed by atoms with van der Waals surface area (Å²) in [5.41, 5.74) is 12.4. The van der Waals surface area contributed by atoms with Crippen molar-refractivity contribution >= 4 is 46.0 Å². The van der Waals surface area contributed by atoms with Crippen molar-refractivity contribution in [2.24, 2.45) is 25.6 Å². The number of anilines is 1. The number of rotatable bonds is 20. The minimum absolute atomic E-state index is 0.0519. The van der Waals surface area contributed by atoms with Gasteiger partial charge in [0.05, 0.1) is 42.7 Å². The summed E-state index contributed by atoms with van der Waals surface area (Å²) in [5.74, 6) is -0.413. The number of non-ortho nitro benzene ring substituents is 1. The van der Waals surface area contributed by atoms with Crippen molar-refractivity contribution in [3.8, 4) is 11.5 Å². The van der Waals surface area contributed by atoms with E-state index in [0.717, 1.165) is 11.3 Å². The molecule has 18 nitrogen and oxygen atoms in total. The molecule has 0 aromatic heterocycles. The van der Waals surface area contributed by atoms with Crippen LogP contribution in [0.1, 0.15) is 35.2 Å². The van der Waals surface area contributed by atoms with E-state index >= 15 is 0 Å². The van der Waals surface area contributed by atoms with Crippen LogP contribution < -0.4 is 19.7 Å². The molecule has 0 spiro atoms. The molecule has 0 radical (unpaired) electrons. The van der Waals surface area contributed by atoms with E-state index in [-0.39, 0.29) is 30.2 Å². The molecule has 0 saturated heterocycles. The Morgan fingerprint density at radius 3 is 2.00 bits per heavy atom. The summed E-state index contributed by atoms with van der Waals surface area (Å²) in [7, 11) is 4.83. The Labute approximate surface area is 309 Å². The number of nitrogens with zero attached hydrogens (tertiary/aromatic N) is 9. The zero-order valence-corrected chi connectivity index (χ0v) is 29.7. The first-order valence-electron chi connectivity index (χ1n) is 16.5. The van der Waals surface area contributed by atoms with Crippen LogP contribution in [-0.4, -0.2) is 62.5 Å². The monoisotopic (exact) mass is 738 g/mol. The third-order valence-electron chi connectivity index (χ3n) is 7.83. The number of nitro groups is 1. The van der Waals surface area contributed by atoms with Gasteiger partial charge in [-0.3, -0.25) is 14.9 Å². The number of nitro benzene ring substituents is 1. The summed E-state index contributed by atoms with van der Waals surface area (Å²) in [5, 5.41) is 43.5. The van der Waals surface area contributed by atoms with Crippen molar-refractivity contribution in [1.82, 2.24) is 5.32 Å². The number of aromatic carboxylic acids is 1. The van der Waals surface area contributed by atoms with Gasteiger partial charge in [-0.2, -0.15) is 10.2 Å². The van der Waals surface area contributed by atoms with Gasteiger partial charge in [0.25, 0.3) is 5.69 Å². The third-order valence-corrected chi connectivity index (χ3v) is 7.83. The second kappa shape index (κ2) is 20.2. The lowest BCUT2D eigenvalue weighted by molar-refractivity contribution is -0.384. The maximum atomic E-state index is 12.5. The van der Waals surface area contributed by atoms with E-state index in [1.165, 1.54) is 50.6 Å². The minimum atomic E-state index is -1.02. The van der Waals surface area contributed by atoms with Crippen LogP contribution in [0.2, 0.25) is 0 Å². The molecule has 0 aliphatic carbocycles. The van der Waals surface area contributed by atoms with E-state index < -0.39 is 17.1 Å². The zero-order valence-electron chi connectivity index (χ0n) is 29.7. The highest BCUT2D eigenvalue weighted by molar-refractivity contribution is 5.87. The number of carboxylic acid groups (broad SMARTS) is 1. The van der Waals surface area contributed by atoms with Crippen molar-refractivity contribution in [1.29, 1.82) is 0 Å². The highest BCUT2D eigenvalue weighted by atomic mass is 16.6. The number of carboxylic acids is 1. The maximum absolute atomic E-state index is 12.5. The molecule has 280 valence electrons. The van der Waals surface area contributed by atoms with Gasteiger partial charge in [-0.15, -0.1) is 10.2 Å². The van der Waals surface area contributed by atoms with Gasteiger partial charge in [0.1, 0.15) is 29.1 Å². The summed E-state index contributed by atoms with van der Waals surface area (Å²) >= 11 is 0. The highest BCUT2D eigenvalue weighted by Crippen LogP contribution is 2.41. The molecule has 0 aliphatic rings. The number of nitrogens with one attached hydrogen (secondary N) is 1. The van der Waals surface area contributed by atoms with Crippen LogP contribution in [0.4, 0.5) is 34.1 Å². The second-order valence-corrected chi connectivity index (χ2v) is 11.5. The van der Waals surface area contributed by atoms with Crippen LogP contribution in [-0.2, 0) is 16.1 Å². The first-order chi connectivity index (χ1) is 26.1. The molecule has 2 N–H and O–H groups in total. The highest BCUT2D eigenvalue weighted by Gasteiger charge is 2.13. The standard InChI is InChI=1S/C36H38N10O8/c1-45(20-18-34(47)38-19-4-5-35(43-44-37)54-23-24-6-8-25(9-7-24)36(48)49)28-14-10-26(11-15-28)39-41-30-21-33(53-3)31(22-32(30)52-2)42-40-27-12-16-29(17-13-27)46(50)51/h6-17,21-22,35H,4-5,18-20,23H2,1-3H3,(H,38,47)(H,48,49). The number of amides is 1. The molecule has 0 saturated carbocycles. The van der Waals surface area contributed by atoms with E-state index in [2.05, 4.69) is 35.8 Å². The minimum Gasteiger partial charge on any atom is -0.494 e. The largest absolute Gasteiger partial charge is 0.494 e. The van der Waals surface area contributed by atoms with Crippen LogP contribution in [0.3, 0.4) is 0 Å². The Morgan fingerprint density at radius 2 is 1.48 bits per heavy atom. The Bertz CT molecular complexity index is 2000. The van der Waals surface area contributed by atoms with Crippen LogP contribution in [0.5, 0.6) is 11.5 Å². The number of benzene rings is 4. The lowest BCUT2D eigenvalue weighted by atomic mass is 10.1. The summed E-state index contributed by atoms with van der Waals surface area (Å²) in [6.07, 6.45) is 0.443. The lowest BCUT2D eigenvalue weighted by Gasteiger charge is -2.19. The summed E-state index contributed by atoms with van der Waals surface area (Å²) in [4.78, 5) is 38.7. The van der Waals surface area contributed by atoms with E-state index in [9.17, 15) is 19.7 Å². The molecular formula is C36H38N10O8. The van der Waals surface area contributed by atoms with Crippen molar-refractivity contribution in [2.75, 3.05) is 39.3 Å². The van der Waals surface area contributed by atoms with E-state index in [1.807, 2.05) is 24.1 Å². The molecule has 0 fully saturated rings. The number of azo groups is 2. The van der Waals surface area contributed by atoms with Gasteiger partial charge in [0.2, 0.25) is 5.91 Å². The first-order valence-corrected chi connectivity index (χ1v) is 16.5. The fraction of sp³-hybridized carbons (Fsp3) is 0.278. The fourth-order valence-corrected chi connectivity index (χ4v) is 4.82. The lowest BCUT2D eigenvalue weighted by Crippen LogP contribution is -2.29. The molecule has 54 heavy (non-hydrogen) atoms. The maximum Gasteiger partial charge on any atom is 0.335 e. The van der Waals surface area contributed by atoms with Gasteiger partial charge in [-0.1, -0.05) is 17.2 Å². The molecule has 4 aromatic rings. The molecule has 1 atom stereocenters. The molecule has 4 aromatic carbocycles. The SMILES string of the molecule is COc1cc(N=Nc2ccc([N+](=O)[O-])cc2)c(OC)cc1N=Nc1ccc(N(C)CCC(=O)NCCCC(N=[N+]=[N-])OCc2ccc(C(=O)O)cc2)cc1. The van der Waals surface area contributed by atoms with E-state index in [1.54, 1.807) is 36.4 Å². The molecule has 1 amide bonds. The van der Waals surface area contributed by atoms with Gasteiger partial charge in [-0.25, -0.2) is 4.79 Å². The Balaban J connectivity index is 1.23. The summed E-state index contributed by atoms with van der Waals surface area (Å²) in [6.45, 7) is 0.985. The Hall–Kier alpha value is -6.91. The predicted octanol–water partition coefficient (Wildman–Crippen LogP) is 8.72. The zero-order chi connectivity index (χ0) is 38.9. The van der Waals surface area contributed by atoms with Gasteiger partial charge in [0, 0.05) is 61.4 Å². The van der Waals surface area contributed by atoms with Crippen molar-refractivity contribution in [3.63, 3.8) is 0 Å². The van der Waals surface area contributed by atoms with Crippen molar-refractivity contribution in [3.05, 3.63) is 117 Å². The van der Waals surface area contributed by atoms with Crippen LogP contribution in [0.25, 0.3) is 10.4 Å². The third kappa shape index (κ3) is 12.1. The van der Waals surface area contributed by atoms with Crippen molar-refractivity contribution in [2.45, 2.75) is 32.1 Å². The van der Waals surface area contributed by atoms with E-state index in [0.29, 0.717) is 60.2 Å². The first kappa shape index (κ1) is 39.9. The number of carbonyl (C=O) groups excluding carboxylic acids is 1. The molecule has 4 rings (SSSR count). The quantitative estimate of drug-likeness (QED) is 0.0220. The van der Waals surface area contributed by atoms with Gasteiger partial charge >= 0.3 is 5.97 Å². The fourth-order valence-electron chi connectivity index (χ4n) is 4.82. The number of methoxy groups -OCH3 is 2. The predicted molar refractivity (Wildman–Crippen MR) is 199 cm³/mol. The van der Waals surface area contributed by atoms with Gasteiger partial charge in [-0.05, 0) is 72.5 Å². The van der Waals surface area contributed by atoms with Crippen LogP contribution >= 0.6 is 0 Å². The normalized spacial score (nSPS) is 11.5. The van der Waals surface area contributed by atoms with Crippen LogP contribution in [0.15, 0.2) is 111 Å². The topological polar surface area (TPSA) is 239 Å². The number of hydrogen-bond donors (Lipinski definition) is 2. The molecule has 0 bridgehead atoms. The van der Waals surface area contributed by atoms with Crippen LogP contribution in [0, 0.1) is 10.1 Å². The number of ether oxygens (including phenoxy) is 3. The molecule has 0 heterocycles. The smallest absolute Gasteiger partial charge is 0.335 e. The molecular weight excluding hydrogens is 700 g/mol. The average Bonchev–Trinajstić information content (AvgIpc) is 3.19. The Kier molecular flexibility index (Phi) is 14.9. The molecule has 0 aliphatic heterocycles. The average molecular weight is 739 g/mol. The number of hydrogen-bond acceptors (Lipinski definition) is 13. The van der Waals surface area contributed by atoms with Gasteiger partial charge < -0.3 is 29.5 Å². The van der Waals surface area contributed by atoms with Crippen molar-refractivity contribution < 1.29 is 33.8 Å². The van der Waals surface area contributed by atoms with E-state index in [4.69, 9.17) is 24.8 Å². The Morgan fingerprint density at radius 1 is 0.907 bits per heavy atom. The summed E-state index contributed by atoms with van der Waals surface area (Å²) < 4.78 is 16.6. The summed E-state index contributed by atoms with van der Waals surface area (Å²) in [6, 6.07) is 22.4.